The van der Waals surface area contributed by atoms with Gasteiger partial charge in [-0.3, -0.25) is 9.59 Å². The second-order valence-corrected chi connectivity index (χ2v) is 7.54. The van der Waals surface area contributed by atoms with E-state index in [1.165, 1.54) is 17.5 Å². The van der Waals surface area contributed by atoms with Crippen LogP contribution in [0.1, 0.15) is 52.5 Å². The molecule has 0 saturated carbocycles. The second kappa shape index (κ2) is 7.23. The van der Waals surface area contributed by atoms with Gasteiger partial charge in [-0.1, -0.05) is 12.1 Å². The lowest BCUT2D eigenvalue weighted by atomic mass is 9.90. The molecule has 0 spiro atoms. The molecule has 3 aromatic rings. The Bertz CT molecular complexity index is 1140. The van der Waals surface area contributed by atoms with Crippen LogP contribution < -0.4 is 10.9 Å². The molecule has 1 N–H and O–H groups in total. The Hall–Kier alpha value is -2.95. The molecular formula is C23H25N3O2. The molecule has 5 heteroatoms. The number of hydrogen-bond donors (Lipinski definition) is 1. The maximum absolute atomic E-state index is 13.0. The van der Waals surface area contributed by atoms with E-state index in [2.05, 4.69) is 16.4 Å². The van der Waals surface area contributed by atoms with Crippen molar-refractivity contribution in [2.45, 2.75) is 53.0 Å². The topological polar surface area (TPSA) is 64.0 Å². The lowest BCUT2D eigenvalue weighted by molar-refractivity contribution is 0.102. The number of fused-ring (bicyclic) bond motifs is 2. The largest absolute Gasteiger partial charge is 0.320 e. The van der Waals surface area contributed by atoms with Crippen molar-refractivity contribution >= 4 is 22.6 Å². The summed E-state index contributed by atoms with van der Waals surface area (Å²) in [5.41, 5.74) is 6.50. The molecule has 144 valence electrons. The number of benzene rings is 2. The summed E-state index contributed by atoms with van der Waals surface area (Å²) in [5.74, 6) is -0.439. The number of hydrogen-bond acceptors (Lipinski definition) is 3. The first-order valence-electron chi connectivity index (χ1n) is 9.93. The van der Waals surface area contributed by atoms with E-state index in [4.69, 9.17) is 0 Å². The smallest absolute Gasteiger partial charge is 0.282 e. The highest BCUT2D eigenvalue weighted by atomic mass is 16.2. The number of aryl methyl sites for hydroxylation is 4. The Morgan fingerprint density at radius 1 is 1.14 bits per heavy atom. The highest BCUT2D eigenvalue weighted by Gasteiger charge is 2.20. The number of amides is 1. The summed E-state index contributed by atoms with van der Waals surface area (Å²) in [6.45, 7) is 6.42. The van der Waals surface area contributed by atoms with Crippen LogP contribution in [0.15, 0.2) is 35.1 Å². The molecule has 1 aromatic heterocycles. The average molecular weight is 375 g/mol. The van der Waals surface area contributed by atoms with Gasteiger partial charge in [0.25, 0.3) is 11.5 Å². The molecule has 4 rings (SSSR count). The van der Waals surface area contributed by atoms with Crippen LogP contribution in [0.4, 0.5) is 5.69 Å². The fourth-order valence-electron chi connectivity index (χ4n) is 4.04. The van der Waals surface area contributed by atoms with Gasteiger partial charge in [0.2, 0.25) is 0 Å². The first-order valence-corrected chi connectivity index (χ1v) is 9.93. The summed E-state index contributed by atoms with van der Waals surface area (Å²) in [7, 11) is 0. The zero-order chi connectivity index (χ0) is 19.8. The van der Waals surface area contributed by atoms with Crippen molar-refractivity contribution in [2.75, 3.05) is 5.32 Å². The van der Waals surface area contributed by atoms with Gasteiger partial charge in [0.05, 0.1) is 11.0 Å². The van der Waals surface area contributed by atoms with E-state index in [1.807, 2.05) is 45.0 Å². The Kier molecular flexibility index (Phi) is 4.75. The Morgan fingerprint density at radius 2 is 1.89 bits per heavy atom. The number of nitrogens with one attached hydrogen (secondary N) is 1. The van der Waals surface area contributed by atoms with Gasteiger partial charge in [0.15, 0.2) is 5.69 Å². The molecule has 0 bridgehead atoms. The van der Waals surface area contributed by atoms with Crippen LogP contribution in [0.5, 0.6) is 0 Å². The van der Waals surface area contributed by atoms with Crippen LogP contribution in [-0.2, 0) is 19.4 Å². The van der Waals surface area contributed by atoms with Crippen molar-refractivity contribution in [1.29, 1.82) is 0 Å². The normalized spacial score (nSPS) is 13.4. The van der Waals surface area contributed by atoms with Crippen LogP contribution in [0.25, 0.3) is 11.0 Å². The third kappa shape index (κ3) is 3.11. The third-order valence-electron chi connectivity index (χ3n) is 5.74. The van der Waals surface area contributed by atoms with Crippen molar-refractivity contribution in [3.63, 3.8) is 0 Å². The molecule has 0 saturated heterocycles. The Balaban J connectivity index is 1.79. The van der Waals surface area contributed by atoms with E-state index < -0.39 is 5.91 Å². The monoisotopic (exact) mass is 375 g/mol. The maximum atomic E-state index is 13.0. The quantitative estimate of drug-likeness (QED) is 0.747. The van der Waals surface area contributed by atoms with Gasteiger partial charge in [-0.05, 0) is 86.9 Å². The van der Waals surface area contributed by atoms with E-state index in [9.17, 15) is 9.59 Å². The SMILES string of the molecule is CCn1c(=O)c(C(=O)Nc2cccc3c2CCCC3)nc2cc(C)c(C)cc21. The number of rotatable bonds is 3. The van der Waals surface area contributed by atoms with Crippen LogP contribution in [0, 0.1) is 13.8 Å². The highest BCUT2D eigenvalue weighted by Crippen LogP contribution is 2.28. The number of carbonyl (C=O) groups excluding carboxylic acids is 1. The van der Waals surface area contributed by atoms with Crippen molar-refractivity contribution in [1.82, 2.24) is 9.55 Å². The molecule has 1 aliphatic carbocycles. The average Bonchev–Trinajstić information content (AvgIpc) is 2.69. The minimum atomic E-state index is -0.439. The van der Waals surface area contributed by atoms with Gasteiger partial charge < -0.3 is 9.88 Å². The number of carbonyl (C=O) groups is 1. The standard InChI is InChI=1S/C23H25N3O2/c1-4-26-20-13-15(3)14(2)12-19(20)24-21(23(26)28)22(27)25-18-11-7-9-16-8-5-6-10-17(16)18/h7,9,11-13H,4-6,8,10H2,1-3H3,(H,25,27). The van der Waals surface area contributed by atoms with E-state index in [1.54, 1.807) is 4.57 Å². The predicted octanol–water partition coefficient (Wildman–Crippen LogP) is 4.16. The van der Waals surface area contributed by atoms with E-state index >= 15 is 0 Å². The Morgan fingerprint density at radius 3 is 2.68 bits per heavy atom. The maximum Gasteiger partial charge on any atom is 0.282 e. The predicted molar refractivity (Wildman–Crippen MR) is 112 cm³/mol. The molecule has 0 fully saturated rings. The van der Waals surface area contributed by atoms with Gasteiger partial charge in [-0.25, -0.2) is 4.98 Å². The summed E-state index contributed by atoms with van der Waals surface area (Å²) in [4.78, 5) is 30.4. The first kappa shape index (κ1) is 18.4. The van der Waals surface area contributed by atoms with E-state index in [0.717, 1.165) is 41.6 Å². The summed E-state index contributed by atoms with van der Waals surface area (Å²) < 4.78 is 1.63. The summed E-state index contributed by atoms with van der Waals surface area (Å²) in [6, 6.07) is 9.90. The molecule has 1 amide bonds. The molecular weight excluding hydrogens is 350 g/mol. The number of aromatic nitrogens is 2. The summed E-state index contributed by atoms with van der Waals surface area (Å²) in [6.07, 6.45) is 4.29. The van der Waals surface area contributed by atoms with Gasteiger partial charge in [-0.15, -0.1) is 0 Å². The molecule has 28 heavy (non-hydrogen) atoms. The third-order valence-corrected chi connectivity index (χ3v) is 5.74. The number of anilines is 1. The van der Waals surface area contributed by atoms with Crippen LogP contribution in [0.2, 0.25) is 0 Å². The highest BCUT2D eigenvalue weighted by molar-refractivity contribution is 6.04. The van der Waals surface area contributed by atoms with Crippen molar-refractivity contribution < 1.29 is 4.79 Å². The lowest BCUT2D eigenvalue weighted by Crippen LogP contribution is -2.31. The van der Waals surface area contributed by atoms with Crippen molar-refractivity contribution in [2.24, 2.45) is 0 Å². The second-order valence-electron chi connectivity index (χ2n) is 7.54. The zero-order valence-electron chi connectivity index (χ0n) is 16.6. The fraction of sp³-hybridized carbons (Fsp3) is 0.348. The zero-order valence-corrected chi connectivity index (χ0v) is 16.6. The first-order chi connectivity index (χ1) is 13.5. The molecule has 5 nitrogen and oxygen atoms in total. The van der Waals surface area contributed by atoms with E-state index in [-0.39, 0.29) is 11.3 Å². The fourth-order valence-corrected chi connectivity index (χ4v) is 4.04. The molecule has 1 aliphatic rings. The van der Waals surface area contributed by atoms with Gasteiger partial charge in [-0.2, -0.15) is 0 Å². The van der Waals surface area contributed by atoms with Gasteiger partial charge in [0, 0.05) is 12.2 Å². The Labute approximate surface area is 164 Å². The summed E-state index contributed by atoms with van der Waals surface area (Å²) in [5, 5.41) is 2.95. The minimum Gasteiger partial charge on any atom is -0.320 e. The molecule has 0 atom stereocenters. The summed E-state index contributed by atoms with van der Waals surface area (Å²) >= 11 is 0. The van der Waals surface area contributed by atoms with Crippen LogP contribution in [-0.4, -0.2) is 15.5 Å². The molecule has 2 aromatic carbocycles. The molecule has 0 aliphatic heterocycles. The van der Waals surface area contributed by atoms with Crippen molar-refractivity contribution in [3.05, 3.63) is 68.6 Å². The van der Waals surface area contributed by atoms with Gasteiger partial charge in [0.1, 0.15) is 0 Å². The van der Waals surface area contributed by atoms with Gasteiger partial charge >= 0.3 is 0 Å². The minimum absolute atomic E-state index is 0.0500. The van der Waals surface area contributed by atoms with Crippen molar-refractivity contribution in [3.8, 4) is 0 Å². The molecule has 1 heterocycles. The molecule has 0 unspecified atom stereocenters. The van der Waals surface area contributed by atoms with Crippen LogP contribution in [0.3, 0.4) is 0 Å². The van der Waals surface area contributed by atoms with Crippen LogP contribution >= 0.6 is 0 Å². The van der Waals surface area contributed by atoms with E-state index in [0.29, 0.717) is 12.1 Å². The number of nitrogens with zero attached hydrogens (tertiary/aromatic N) is 2. The molecule has 0 radical (unpaired) electrons. The lowest BCUT2D eigenvalue weighted by Gasteiger charge is -2.19.